The fraction of sp³-hybridized carbons (Fsp3) is 0.333. The van der Waals surface area contributed by atoms with E-state index in [9.17, 15) is 5.11 Å². The van der Waals surface area contributed by atoms with Gasteiger partial charge in [0.15, 0.2) is 0 Å². The van der Waals surface area contributed by atoms with E-state index in [1.807, 2.05) is 18.2 Å². The monoisotopic (exact) mass is 166 g/mol. The lowest BCUT2D eigenvalue weighted by Gasteiger charge is -2.16. The van der Waals surface area contributed by atoms with Crippen LogP contribution in [0.5, 0.6) is 0 Å². The van der Waals surface area contributed by atoms with Crippen LogP contribution in [-0.4, -0.2) is 11.2 Å². The number of aliphatic hydroxyl groups is 1. The summed E-state index contributed by atoms with van der Waals surface area (Å²) in [6.07, 6.45) is -0.574. The molecule has 12 heavy (non-hydrogen) atoms. The fourth-order valence-corrected chi connectivity index (χ4v) is 1.07. The molecule has 3 nitrogen and oxygen atoms in total. The first-order valence-electron chi connectivity index (χ1n) is 3.91. The van der Waals surface area contributed by atoms with Crippen LogP contribution in [0.25, 0.3) is 0 Å². The van der Waals surface area contributed by atoms with E-state index in [4.69, 9.17) is 11.5 Å². The predicted molar refractivity (Wildman–Crippen MR) is 49.5 cm³/mol. The van der Waals surface area contributed by atoms with Gasteiger partial charge in [-0.05, 0) is 18.6 Å². The van der Waals surface area contributed by atoms with Gasteiger partial charge in [-0.3, -0.25) is 0 Å². The fourth-order valence-electron chi connectivity index (χ4n) is 1.07. The molecule has 3 heteroatoms. The molecule has 0 amide bonds. The van der Waals surface area contributed by atoms with Crippen molar-refractivity contribution >= 4 is 5.69 Å². The molecule has 0 aliphatic carbocycles. The topological polar surface area (TPSA) is 72.3 Å². The molecule has 0 aromatic heterocycles. The van der Waals surface area contributed by atoms with Crippen LogP contribution in [0.15, 0.2) is 24.3 Å². The molecule has 0 aliphatic heterocycles. The van der Waals surface area contributed by atoms with Crippen LogP contribution in [0.1, 0.15) is 18.5 Å². The van der Waals surface area contributed by atoms with Gasteiger partial charge in [0.2, 0.25) is 0 Å². The minimum atomic E-state index is -0.574. The maximum Gasteiger partial charge on any atom is 0.0705 e. The molecule has 1 aromatic carbocycles. The Morgan fingerprint density at radius 3 is 2.42 bits per heavy atom. The number of rotatable bonds is 2. The van der Waals surface area contributed by atoms with Gasteiger partial charge in [-0.15, -0.1) is 0 Å². The van der Waals surface area contributed by atoms with Gasteiger partial charge in [0.1, 0.15) is 0 Å². The number of aliphatic hydroxyl groups excluding tert-OH is 1. The summed E-state index contributed by atoms with van der Waals surface area (Å²) in [7, 11) is 0. The van der Waals surface area contributed by atoms with E-state index >= 15 is 0 Å². The number of hydrogen-bond acceptors (Lipinski definition) is 3. The van der Waals surface area contributed by atoms with Gasteiger partial charge in [0.05, 0.1) is 12.1 Å². The number of nitrogens with two attached hydrogens (primary N) is 2. The molecular weight excluding hydrogens is 152 g/mol. The van der Waals surface area contributed by atoms with E-state index in [-0.39, 0.29) is 0 Å². The first kappa shape index (κ1) is 9.03. The highest BCUT2D eigenvalue weighted by atomic mass is 16.3. The maximum atomic E-state index is 9.22. The average Bonchev–Trinajstić information content (AvgIpc) is 2.04. The number of nitrogen functional groups attached to an aromatic ring is 1. The van der Waals surface area contributed by atoms with Crippen molar-refractivity contribution in [1.82, 2.24) is 0 Å². The Kier molecular flexibility index (Phi) is 2.68. The van der Waals surface area contributed by atoms with Crippen LogP contribution < -0.4 is 11.5 Å². The Hall–Kier alpha value is -1.06. The van der Waals surface area contributed by atoms with Crippen LogP contribution in [-0.2, 0) is 0 Å². The Balaban J connectivity index is 2.94. The molecule has 0 fully saturated rings. The van der Waals surface area contributed by atoms with E-state index in [0.717, 1.165) is 5.56 Å². The lowest BCUT2D eigenvalue weighted by atomic mass is 10.0. The largest absolute Gasteiger partial charge is 0.398 e. The molecule has 0 saturated heterocycles. The van der Waals surface area contributed by atoms with Crippen molar-refractivity contribution in [3.8, 4) is 0 Å². The van der Waals surface area contributed by atoms with Crippen molar-refractivity contribution < 1.29 is 5.11 Å². The van der Waals surface area contributed by atoms with Gasteiger partial charge in [-0.25, -0.2) is 0 Å². The van der Waals surface area contributed by atoms with Gasteiger partial charge < -0.3 is 16.6 Å². The average molecular weight is 166 g/mol. The van der Waals surface area contributed by atoms with Crippen molar-refractivity contribution in [3.05, 3.63) is 29.8 Å². The number of benzene rings is 1. The highest BCUT2D eigenvalue weighted by molar-refractivity contribution is 5.48. The van der Waals surface area contributed by atoms with Crippen molar-refractivity contribution in [1.29, 1.82) is 0 Å². The van der Waals surface area contributed by atoms with Gasteiger partial charge in [0.25, 0.3) is 0 Å². The molecule has 0 bridgehead atoms. The van der Waals surface area contributed by atoms with Crippen molar-refractivity contribution in [2.75, 3.05) is 5.73 Å². The summed E-state index contributed by atoms with van der Waals surface area (Å²) in [5.74, 6) is 0. The third kappa shape index (κ3) is 1.75. The molecule has 0 radical (unpaired) electrons. The summed E-state index contributed by atoms with van der Waals surface area (Å²) in [4.78, 5) is 0. The molecule has 0 unspecified atom stereocenters. The Morgan fingerprint density at radius 2 is 1.92 bits per heavy atom. The van der Waals surface area contributed by atoms with E-state index in [0.29, 0.717) is 5.69 Å². The first-order valence-corrected chi connectivity index (χ1v) is 3.91. The molecule has 0 aliphatic rings. The van der Waals surface area contributed by atoms with Crippen molar-refractivity contribution in [2.24, 2.45) is 5.73 Å². The van der Waals surface area contributed by atoms with E-state index in [1.54, 1.807) is 13.0 Å². The molecule has 0 heterocycles. The quantitative estimate of drug-likeness (QED) is 0.565. The zero-order valence-electron chi connectivity index (χ0n) is 7.07. The summed E-state index contributed by atoms with van der Waals surface area (Å²) < 4.78 is 0. The molecule has 66 valence electrons. The van der Waals surface area contributed by atoms with Crippen molar-refractivity contribution in [3.63, 3.8) is 0 Å². The molecular formula is C9H14N2O. The summed E-state index contributed by atoms with van der Waals surface area (Å²) in [6, 6.07) is 6.90. The van der Waals surface area contributed by atoms with Crippen LogP contribution in [0, 0.1) is 0 Å². The van der Waals surface area contributed by atoms with Gasteiger partial charge in [-0.1, -0.05) is 18.2 Å². The molecule has 0 saturated carbocycles. The van der Waals surface area contributed by atoms with Gasteiger partial charge >= 0.3 is 0 Å². The Morgan fingerprint density at radius 1 is 1.33 bits per heavy atom. The first-order chi connectivity index (χ1) is 5.63. The third-order valence-corrected chi connectivity index (χ3v) is 1.87. The van der Waals surface area contributed by atoms with Crippen LogP contribution in [0.2, 0.25) is 0 Å². The number of hydrogen-bond donors (Lipinski definition) is 3. The number of para-hydroxylation sites is 1. The molecule has 2 atom stereocenters. The molecule has 0 spiro atoms. The molecule has 5 N–H and O–H groups in total. The van der Waals surface area contributed by atoms with Gasteiger partial charge in [0, 0.05) is 5.69 Å². The highest BCUT2D eigenvalue weighted by Crippen LogP contribution is 2.20. The zero-order valence-corrected chi connectivity index (χ0v) is 7.07. The Bertz CT molecular complexity index is 260. The second kappa shape index (κ2) is 3.56. The highest BCUT2D eigenvalue weighted by Gasteiger charge is 2.13. The maximum absolute atomic E-state index is 9.22. The van der Waals surface area contributed by atoms with E-state index in [1.165, 1.54) is 0 Å². The second-order valence-corrected chi connectivity index (χ2v) is 2.90. The summed E-state index contributed by atoms with van der Waals surface area (Å²) in [6.45, 7) is 1.65. The third-order valence-electron chi connectivity index (χ3n) is 1.87. The van der Waals surface area contributed by atoms with E-state index < -0.39 is 12.1 Å². The van der Waals surface area contributed by atoms with E-state index in [2.05, 4.69) is 0 Å². The van der Waals surface area contributed by atoms with Crippen LogP contribution >= 0.6 is 0 Å². The second-order valence-electron chi connectivity index (χ2n) is 2.90. The lowest BCUT2D eigenvalue weighted by molar-refractivity contribution is 0.164. The molecule has 1 rings (SSSR count). The predicted octanol–water partition coefficient (Wildman–Crippen LogP) is 0.649. The number of anilines is 1. The molecule has 1 aromatic rings. The van der Waals surface area contributed by atoms with Crippen LogP contribution in [0.4, 0.5) is 5.69 Å². The summed E-state index contributed by atoms with van der Waals surface area (Å²) in [5.41, 5.74) is 12.8. The Labute approximate surface area is 72.0 Å². The summed E-state index contributed by atoms with van der Waals surface area (Å²) in [5, 5.41) is 9.22. The van der Waals surface area contributed by atoms with Crippen molar-refractivity contribution in [2.45, 2.75) is 19.1 Å². The van der Waals surface area contributed by atoms with Crippen LogP contribution in [0.3, 0.4) is 0 Å². The SMILES string of the molecule is C[C@@H](O)[C@@H](N)c1ccccc1N. The van der Waals surface area contributed by atoms with Gasteiger partial charge in [-0.2, -0.15) is 0 Å². The minimum Gasteiger partial charge on any atom is -0.398 e. The minimum absolute atomic E-state index is 0.397. The smallest absolute Gasteiger partial charge is 0.0705 e. The lowest BCUT2D eigenvalue weighted by Crippen LogP contribution is -2.24. The standard InChI is InChI=1S/C9H14N2O/c1-6(12)9(11)7-4-2-3-5-8(7)10/h2-6,9,12H,10-11H2,1H3/t6-,9-/m1/s1. The summed E-state index contributed by atoms with van der Waals surface area (Å²) >= 11 is 0. The normalized spacial score (nSPS) is 15.6. The zero-order chi connectivity index (χ0) is 9.14.